The highest BCUT2D eigenvalue weighted by atomic mass is 19.4. The molecule has 3 aromatic rings. The maximum Gasteiger partial charge on any atom is 0.433 e. The van der Waals surface area contributed by atoms with Crippen LogP contribution in [0.2, 0.25) is 0 Å². The summed E-state index contributed by atoms with van der Waals surface area (Å²) in [6.07, 6.45) is -0.183. The second kappa shape index (κ2) is 9.27. The average Bonchev–Trinajstić information content (AvgIpc) is 2.85. The van der Waals surface area contributed by atoms with E-state index in [0.717, 1.165) is 50.0 Å². The number of likely N-dealkylation sites (tertiary alicyclic amines) is 1. The van der Waals surface area contributed by atoms with Crippen LogP contribution < -0.4 is 0 Å². The Labute approximate surface area is 192 Å². The number of piperidine rings is 1. The molecule has 3 heterocycles. The smallest absolute Gasteiger partial charge is 0.296 e. The van der Waals surface area contributed by atoms with Gasteiger partial charge < -0.3 is 0 Å². The van der Waals surface area contributed by atoms with Crippen LogP contribution in [0.15, 0.2) is 72.9 Å². The van der Waals surface area contributed by atoms with Gasteiger partial charge in [-0.05, 0) is 47.6 Å². The molecule has 3 nitrogen and oxygen atoms in total. The molecule has 2 aliphatic heterocycles. The fourth-order valence-corrected chi connectivity index (χ4v) is 5.32. The zero-order chi connectivity index (χ0) is 22.8. The molecule has 0 spiro atoms. The number of aromatic nitrogens is 1. The lowest BCUT2D eigenvalue weighted by Crippen LogP contribution is -2.47. The average molecular weight is 452 g/mol. The number of benzene rings is 2. The van der Waals surface area contributed by atoms with Crippen molar-refractivity contribution in [2.75, 3.05) is 19.6 Å². The molecular weight excluding hydrogens is 423 g/mol. The summed E-state index contributed by atoms with van der Waals surface area (Å²) in [6, 6.07) is 23.1. The summed E-state index contributed by atoms with van der Waals surface area (Å²) in [6.45, 7) is 3.39. The first-order valence-corrected chi connectivity index (χ1v) is 11.6. The van der Waals surface area contributed by atoms with Crippen molar-refractivity contribution in [3.05, 3.63) is 101 Å². The molecule has 5 rings (SSSR count). The summed E-state index contributed by atoms with van der Waals surface area (Å²) in [5.41, 5.74) is 3.52. The van der Waals surface area contributed by atoms with Crippen LogP contribution >= 0.6 is 0 Å². The van der Waals surface area contributed by atoms with Crippen LogP contribution in [0.4, 0.5) is 13.2 Å². The standard InChI is InChI=1S/C27H28F3N3/c28-27(29,30)25-17-23-19-33(14-11-22(23)18-31-25)24-12-15-32(16-13-24)26(20-7-3-1-4-8-20)21-9-5-2-6-10-21/h1-10,17-18,24,26H,11-16,19H2. The van der Waals surface area contributed by atoms with Crippen molar-refractivity contribution in [2.24, 2.45) is 0 Å². The number of nitrogens with zero attached hydrogens (tertiary/aromatic N) is 3. The Balaban J connectivity index is 1.29. The van der Waals surface area contributed by atoms with E-state index in [-0.39, 0.29) is 6.04 Å². The van der Waals surface area contributed by atoms with Gasteiger partial charge >= 0.3 is 6.18 Å². The summed E-state index contributed by atoms with van der Waals surface area (Å²) in [4.78, 5) is 8.56. The number of hydrogen-bond donors (Lipinski definition) is 0. The molecule has 0 amide bonds. The maximum atomic E-state index is 13.1. The van der Waals surface area contributed by atoms with Crippen molar-refractivity contribution in [3.63, 3.8) is 0 Å². The summed E-state index contributed by atoms with van der Waals surface area (Å²) in [5.74, 6) is 0. The lowest BCUT2D eigenvalue weighted by molar-refractivity contribution is -0.141. The zero-order valence-electron chi connectivity index (χ0n) is 18.5. The van der Waals surface area contributed by atoms with Crippen LogP contribution in [0.25, 0.3) is 0 Å². The largest absolute Gasteiger partial charge is 0.433 e. The third-order valence-corrected chi connectivity index (χ3v) is 7.03. The van der Waals surface area contributed by atoms with Crippen LogP contribution in [0.3, 0.4) is 0 Å². The Kier molecular flexibility index (Phi) is 6.21. The van der Waals surface area contributed by atoms with Crippen molar-refractivity contribution in [1.82, 2.24) is 14.8 Å². The van der Waals surface area contributed by atoms with E-state index in [4.69, 9.17) is 0 Å². The zero-order valence-corrected chi connectivity index (χ0v) is 18.5. The van der Waals surface area contributed by atoms with Crippen molar-refractivity contribution in [1.29, 1.82) is 0 Å². The van der Waals surface area contributed by atoms with E-state index in [0.29, 0.717) is 12.6 Å². The van der Waals surface area contributed by atoms with Gasteiger partial charge in [-0.25, -0.2) is 0 Å². The first-order valence-electron chi connectivity index (χ1n) is 11.6. The summed E-state index contributed by atoms with van der Waals surface area (Å²) in [5, 5.41) is 0. The highest BCUT2D eigenvalue weighted by Crippen LogP contribution is 2.34. The first kappa shape index (κ1) is 22.1. The number of pyridine rings is 1. The summed E-state index contributed by atoms with van der Waals surface area (Å²) >= 11 is 0. The van der Waals surface area contributed by atoms with E-state index in [1.54, 1.807) is 0 Å². The molecule has 0 bridgehead atoms. The van der Waals surface area contributed by atoms with Gasteiger partial charge in [0.25, 0.3) is 0 Å². The molecule has 6 heteroatoms. The van der Waals surface area contributed by atoms with Gasteiger partial charge in [0.2, 0.25) is 0 Å². The molecule has 2 aliphatic rings. The van der Waals surface area contributed by atoms with Crippen LogP contribution in [-0.2, 0) is 19.1 Å². The van der Waals surface area contributed by atoms with Crippen LogP contribution in [-0.4, -0.2) is 40.5 Å². The highest BCUT2D eigenvalue weighted by Gasteiger charge is 2.35. The first-order chi connectivity index (χ1) is 16.0. The summed E-state index contributed by atoms with van der Waals surface area (Å²) in [7, 11) is 0. The minimum atomic E-state index is -4.40. The number of alkyl halides is 3. The Morgan fingerprint density at radius 2 is 1.42 bits per heavy atom. The van der Waals surface area contributed by atoms with Gasteiger partial charge in [-0.3, -0.25) is 14.8 Å². The molecule has 33 heavy (non-hydrogen) atoms. The fraction of sp³-hybridized carbons (Fsp3) is 0.370. The fourth-order valence-electron chi connectivity index (χ4n) is 5.32. The molecule has 1 fully saturated rings. The van der Waals surface area contributed by atoms with Gasteiger partial charge in [-0.2, -0.15) is 13.2 Å². The van der Waals surface area contributed by atoms with E-state index < -0.39 is 11.9 Å². The van der Waals surface area contributed by atoms with E-state index in [1.165, 1.54) is 23.4 Å². The Morgan fingerprint density at radius 1 is 0.818 bits per heavy atom. The monoisotopic (exact) mass is 451 g/mol. The van der Waals surface area contributed by atoms with E-state index in [9.17, 15) is 13.2 Å². The molecule has 0 saturated carbocycles. The molecule has 0 radical (unpaired) electrons. The van der Waals surface area contributed by atoms with E-state index in [1.807, 2.05) is 12.1 Å². The van der Waals surface area contributed by atoms with E-state index in [2.05, 4.69) is 63.3 Å². The predicted octanol–water partition coefficient (Wildman–Crippen LogP) is 5.71. The van der Waals surface area contributed by atoms with E-state index >= 15 is 0 Å². The van der Waals surface area contributed by atoms with Crippen LogP contribution in [0.1, 0.15) is 46.8 Å². The second-order valence-electron chi connectivity index (χ2n) is 9.05. The topological polar surface area (TPSA) is 19.4 Å². The second-order valence-corrected chi connectivity index (χ2v) is 9.05. The Bertz CT molecular complexity index is 1020. The molecular formula is C27H28F3N3. The quantitative estimate of drug-likeness (QED) is 0.506. The minimum absolute atomic E-state index is 0.218. The third kappa shape index (κ3) is 4.82. The number of fused-ring (bicyclic) bond motifs is 1. The predicted molar refractivity (Wildman–Crippen MR) is 123 cm³/mol. The molecule has 2 aromatic carbocycles. The lowest BCUT2D eigenvalue weighted by atomic mass is 9.92. The molecule has 1 saturated heterocycles. The van der Waals surface area contributed by atoms with Crippen molar-refractivity contribution in [3.8, 4) is 0 Å². The number of hydrogen-bond acceptors (Lipinski definition) is 3. The van der Waals surface area contributed by atoms with Gasteiger partial charge in [-0.15, -0.1) is 0 Å². The van der Waals surface area contributed by atoms with Crippen molar-refractivity contribution < 1.29 is 13.2 Å². The SMILES string of the molecule is FC(F)(F)c1cc2c(cn1)CCN(C1CCN(C(c3ccccc3)c3ccccc3)CC1)C2. The molecule has 0 unspecified atom stereocenters. The third-order valence-electron chi connectivity index (χ3n) is 7.03. The van der Waals surface area contributed by atoms with Crippen LogP contribution in [0, 0.1) is 0 Å². The Morgan fingerprint density at radius 3 is 2.00 bits per heavy atom. The van der Waals surface area contributed by atoms with Crippen LogP contribution in [0.5, 0.6) is 0 Å². The summed E-state index contributed by atoms with van der Waals surface area (Å²) < 4.78 is 39.4. The van der Waals surface area contributed by atoms with Gasteiger partial charge in [-0.1, -0.05) is 60.7 Å². The molecule has 0 aliphatic carbocycles. The molecule has 1 aromatic heterocycles. The minimum Gasteiger partial charge on any atom is -0.296 e. The van der Waals surface area contributed by atoms with Gasteiger partial charge in [0.05, 0.1) is 6.04 Å². The number of rotatable bonds is 4. The van der Waals surface area contributed by atoms with Crippen molar-refractivity contribution >= 4 is 0 Å². The normalized spacial score (nSPS) is 18.4. The molecule has 172 valence electrons. The van der Waals surface area contributed by atoms with Crippen molar-refractivity contribution in [2.45, 2.75) is 44.1 Å². The van der Waals surface area contributed by atoms with Gasteiger partial charge in [0.1, 0.15) is 5.69 Å². The van der Waals surface area contributed by atoms with Gasteiger partial charge in [0, 0.05) is 38.4 Å². The highest BCUT2D eigenvalue weighted by molar-refractivity contribution is 5.32. The lowest BCUT2D eigenvalue weighted by Gasteiger charge is -2.43. The van der Waals surface area contributed by atoms with Gasteiger partial charge in [0.15, 0.2) is 0 Å². The maximum absolute atomic E-state index is 13.1. The molecule has 0 N–H and O–H groups in total. The number of halogens is 3. The Hall–Kier alpha value is -2.70. The molecule has 0 atom stereocenters.